The average Bonchev–Trinajstić information content (AvgIpc) is 3.28. The van der Waals surface area contributed by atoms with E-state index in [1.807, 2.05) is 53.2 Å². The van der Waals surface area contributed by atoms with Crippen LogP contribution in [-0.2, 0) is 11.3 Å². The van der Waals surface area contributed by atoms with Crippen LogP contribution in [0.25, 0.3) is 16.5 Å². The third-order valence-corrected chi connectivity index (χ3v) is 4.92. The van der Waals surface area contributed by atoms with E-state index in [0.29, 0.717) is 6.54 Å². The summed E-state index contributed by atoms with van der Waals surface area (Å²) < 4.78 is 1.99. The number of nitrogens with one attached hydrogen (secondary N) is 1. The van der Waals surface area contributed by atoms with Crippen LogP contribution in [0, 0.1) is 0 Å². The zero-order valence-electron chi connectivity index (χ0n) is 13.6. The van der Waals surface area contributed by atoms with Crippen molar-refractivity contribution in [1.82, 2.24) is 14.9 Å². The molecule has 0 saturated heterocycles. The highest BCUT2D eigenvalue weighted by molar-refractivity contribution is 7.16. The minimum Gasteiger partial charge on any atom is -0.352 e. The number of benzene rings is 1. The van der Waals surface area contributed by atoms with Gasteiger partial charge in [0.1, 0.15) is 0 Å². The zero-order valence-corrected chi connectivity index (χ0v) is 15.1. The maximum atomic E-state index is 11.9. The molecular weight excluding hydrogens is 354 g/mol. The molecule has 6 heteroatoms. The summed E-state index contributed by atoms with van der Waals surface area (Å²) in [6.07, 6.45) is 9.72. The minimum absolute atomic E-state index is 0.0802. The van der Waals surface area contributed by atoms with E-state index < -0.39 is 0 Å². The van der Waals surface area contributed by atoms with Crippen LogP contribution < -0.4 is 5.32 Å². The van der Waals surface area contributed by atoms with Crippen LogP contribution in [-0.4, -0.2) is 22.0 Å². The SMILES string of the molecule is O=C(C=Cc1ccc(-c2cccc(Cl)c2)s1)NCCCn1ccnc1. The third-order valence-electron chi connectivity index (χ3n) is 3.59. The second kappa shape index (κ2) is 8.65. The molecule has 2 aromatic heterocycles. The largest absolute Gasteiger partial charge is 0.352 e. The first kappa shape index (κ1) is 17.5. The van der Waals surface area contributed by atoms with Gasteiger partial charge in [0.2, 0.25) is 5.91 Å². The molecule has 0 bridgehead atoms. The zero-order chi connectivity index (χ0) is 17.5. The van der Waals surface area contributed by atoms with Crippen molar-refractivity contribution in [3.05, 3.63) is 71.1 Å². The summed E-state index contributed by atoms with van der Waals surface area (Å²) in [7, 11) is 0. The molecule has 4 nitrogen and oxygen atoms in total. The molecule has 3 rings (SSSR count). The van der Waals surface area contributed by atoms with Crippen molar-refractivity contribution < 1.29 is 4.79 Å². The normalized spacial score (nSPS) is 11.1. The lowest BCUT2D eigenvalue weighted by molar-refractivity contribution is -0.116. The first-order valence-electron chi connectivity index (χ1n) is 7.98. The summed E-state index contributed by atoms with van der Waals surface area (Å²) >= 11 is 7.66. The lowest BCUT2D eigenvalue weighted by atomic mass is 10.2. The molecule has 1 amide bonds. The molecule has 128 valence electrons. The molecule has 0 spiro atoms. The summed E-state index contributed by atoms with van der Waals surface area (Å²) in [5.74, 6) is -0.0802. The Balaban J connectivity index is 1.47. The summed E-state index contributed by atoms with van der Waals surface area (Å²) in [6.45, 7) is 1.48. The monoisotopic (exact) mass is 371 g/mol. The summed E-state index contributed by atoms with van der Waals surface area (Å²) in [4.78, 5) is 18.0. The van der Waals surface area contributed by atoms with Crippen LogP contribution in [0.5, 0.6) is 0 Å². The molecule has 25 heavy (non-hydrogen) atoms. The van der Waals surface area contributed by atoms with Crippen molar-refractivity contribution in [2.24, 2.45) is 0 Å². The van der Waals surface area contributed by atoms with Gasteiger partial charge in [-0.15, -0.1) is 11.3 Å². The Morgan fingerprint density at radius 1 is 1.32 bits per heavy atom. The van der Waals surface area contributed by atoms with Crippen molar-refractivity contribution in [3.8, 4) is 10.4 Å². The average molecular weight is 372 g/mol. The Kier molecular flexibility index (Phi) is 6.04. The van der Waals surface area contributed by atoms with Crippen LogP contribution in [0.2, 0.25) is 5.02 Å². The molecule has 0 radical (unpaired) electrons. The van der Waals surface area contributed by atoms with E-state index in [2.05, 4.69) is 10.3 Å². The van der Waals surface area contributed by atoms with Crippen molar-refractivity contribution in [3.63, 3.8) is 0 Å². The maximum absolute atomic E-state index is 11.9. The maximum Gasteiger partial charge on any atom is 0.244 e. The predicted molar refractivity (Wildman–Crippen MR) is 104 cm³/mol. The van der Waals surface area contributed by atoms with Gasteiger partial charge in [0.25, 0.3) is 0 Å². The Morgan fingerprint density at radius 2 is 2.24 bits per heavy atom. The van der Waals surface area contributed by atoms with E-state index in [4.69, 9.17) is 11.6 Å². The van der Waals surface area contributed by atoms with E-state index in [-0.39, 0.29) is 5.91 Å². The Bertz CT molecular complexity index is 855. The molecule has 1 N–H and O–H groups in total. The van der Waals surface area contributed by atoms with Crippen LogP contribution in [0.4, 0.5) is 0 Å². The number of carbonyl (C=O) groups excluding carboxylic acids is 1. The molecule has 0 aliphatic heterocycles. The van der Waals surface area contributed by atoms with Crippen molar-refractivity contribution in [2.45, 2.75) is 13.0 Å². The summed E-state index contributed by atoms with van der Waals surface area (Å²) in [5.41, 5.74) is 1.08. The second-order valence-electron chi connectivity index (χ2n) is 5.49. The van der Waals surface area contributed by atoms with E-state index in [1.54, 1.807) is 29.9 Å². The highest BCUT2D eigenvalue weighted by atomic mass is 35.5. The third kappa shape index (κ3) is 5.31. The van der Waals surface area contributed by atoms with E-state index in [1.165, 1.54) is 0 Å². The first-order valence-corrected chi connectivity index (χ1v) is 9.17. The van der Waals surface area contributed by atoms with Gasteiger partial charge in [-0.25, -0.2) is 4.98 Å². The number of nitrogens with zero attached hydrogens (tertiary/aromatic N) is 2. The van der Waals surface area contributed by atoms with Crippen LogP contribution in [0.1, 0.15) is 11.3 Å². The van der Waals surface area contributed by atoms with E-state index in [0.717, 1.165) is 33.3 Å². The summed E-state index contributed by atoms with van der Waals surface area (Å²) in [5, 5.41) is 3.61. The number of amides is 1. The first-order chi connectivity index (χ1) is 12.2. The fourth-order valence-corrected chi connectivity index (χ4v) is 3.45. The highest BCUT2D eigenvalue weighted by Gasteiger charge is 2.02. The van der Waals surface area contributed by atoms with Gasteiger partial charge in [-0.2, -0.15) is 0 Å². The lowest BCUT2D eigenvalue weighted by Crippen LogP contribution is -2.22. The van der Waals surface area contributed by atoms with Crippen LogP contribution in [0.3, 0.4) is 0 Å². The predicted octanol–water partition coefficient (Wildman–Crippen LogP) is 4.48. The number of halogens is 1. The molecule has 0 fully saturated rings. The van der Waals surface area contributed by atoms with Gasteiger partial charge in [-0.05, 0) is 42.3 Å². The minimum atomic E-state index is -0.0802. The lowest BCUT2D eigenvalue weighted by Gasteiger charge is -2.03. The van der Waals surface area contributed by atoms with E-state index >= 15 is 0 Å². The van der Waals surface area contributed by atoms with Gasteiger partial charge in [0.05, 0.1) is 6.33 Å². The van der Waals surface area contributed by atoms with Crippen molar-refractivity contribution in [2.75, 3.05) is 6.54 Å². The highest BCUT2D eigenvalue weighted by Crippen LogP contribution is 2.30. The molecule has 0 aliphatic rings. The molecule has 0 atom stereocenters. The summed E-state index contributed by atoms with van der Waals surface area (Å²) in [6, 6.07) is 11.8. The Labute approximate surface area is 155 Å². The molecule has 0 unspecified atom stereocenters. The molecular formula is C19H18ClN3OS. The standard InChI is InChI=1S/C19H18ClN3OS/c20-16-4-1-3-15(13-16)18-7-5-17(25-18)6-8-19(24)22-9-2-11-23-12-10-21-14-23/h1,3-8,10,12-14H,2,9,11H2,(H,22,24). The molecule has 3 aromatic rings. The smallest absolute Gasteiger partial charge is 0.244 e. The molecule has 0 saturated carbocycles. The number of thiophene rings is 1. The van der Waals surface area contributed by atoms with Crippen LogP contribution >= 0.6 is 22.9 Å². The van der Waals surface area contributed by atoms with Crippen molar-refractivity contribution in [1.29, 1.82) is 0 Å². The van der Waals surface area contributed by atoms with E-state index in [9.17, 15) is 4.79 Å². The number of hydrogen-bond donors (Lipinski definition) is 1. The molecule has 2 heterocycles. The molecule has 1 aromatic carbocycles. The fraction of sp³-hybridized carbons (Fsp3) is 0.158. The second-order valence-corrected chi connectivity index (χ2v) is 7.04. The number of carbonyl (C=O) groups is 1. The Morgan fingerprint density at radius 3 is 3.04 bits per heavy atom. The quantitative estimate of drug-likeness (QED) is 0.491. The van der Waals surface area contributed by atoms with Crippen LogP contribution in [0.15, 0.2) is 61.2 Å². The van der Waals surface area contributed by atoms with Gasteiger partial charge in [0, 0.05) is 46.3 Å². The van der Waals surface area contributed by atoms with Gasteiger partial charge >= 0.3 is 0 Å². The molecule has 0 aliphatic carbocycles. The van der Waals surface area contributed by atoms with Gasteiger partial charge < -0.3 is 9.88 Å². The van der Waals surface area contributed by atoms with Gasteiger partial charge in [-0.3, -0.25) is 4.79 Å². The van der Waals surface area contributed by atoms with Gasteiger partial charge in [0.15, 0.2) is 0 Å². The number of imidazole rings is 1. The number of rotatable bonds is 7. The number of aromatic nitrogens is 2. The van der Waals surface area contributed by atoms with Gasteiger partial charge in [-0.1, -0.05) is 23.7 Å². The topological polar surface area (TPSA) is 46.9 Å². The number of hydrogen-bond acceptors (Lipinski definition) is 3. The Hall–Kier alpha value is -2.37. The fourth-order valence-electron chi connectivity index (χ4n) is 2.35. The number of aryl methyl sites for hydroxylation is 1. The van der Waals surface area contributed by atoms with Crippen molar-refractivity contribution >= 4 is 34.9 Å².